The van der Waals surface area contributed by atoms with Gasteiger partial charge >= 0.3 is 0 Å². The Hall–Kier alpha value is -1.95. The van der Waals surface area contributed by atoms with Crippen LogP contribution in [0.25, 0.3) is 10.9 Å². The van der Waals surface area contributed by atoms with Gasteiger partial charge in [-0.1, -0.05) is 34.1 Å². The van der Waals surface area contributed by atoms with Gasteiger partial charge in [-0.3, -0.25) is 9.88 Å². The highest BCUT2D eigenvalue weighted by Gasteiger charge is 2.17. The summed E-state index contributed by atoms with van der Waals surface area (Å²) in [5.74, 6) is 0.300. The molecule has 0 radical (unpaired) electrons. The van der Waals surface area contributed by atoms with Gasteiger partial charge < -0.3 is 9.84 Å². The number of rotatable bonds is 6. The Bertz CT molecular complexity index is 921. The van der Waals surface area contributed by atoms with Gasteiger partial charge in [-0.25, -0.2) is 0 Å². The minimum absolute atomic E-state index is 0.300. The molecule has 140 valence electrons. The lowest BCUT2D eigenvalue weighted by Crippen LogP contribution is -2.18. The number of nitrogens with zero attached hydrogens (tertiary/aromatic N) is 2. The van der Waals surface area contributed by atoms with Crippen LogP contribution in [0.3, 0.4) is 0 Å². The molecule has 0 atom stereocenters. The van der Waals surface area contributed by atoms with Gasteiger partial charge in [0.1, 0.15) is 11.3 Å². The van der Waals surface area contributed by atoms with E-state index in [-0.39, 0.29) is 0 Å². The van der Waals surface area contributed by atoms with E-state index in [1.165, 1.54) is 12.8 Å². The third-order valence-electron chi connectivity index (χ3n) is 5.06. The number of likely N-dealkylation sites (tertiary alicyclic amines) is 1. The predicted molar refractivity (Wildman–Crippen MR) is 111 cm³/mol. The number of ether oxygens (including phenoxy) is 1. The molecular weight excluding hydrogens is 404 g/mol. The van der Waals surface area contributed by atoms with Crippen molar-refractivity contribution in [2.75, 3.05) is 13.1 Å². The van der Waals surface area contributed by atoms with Gasteiger partial charge in [0.15, 0.2) is 0 Å². The van der Waals surface area contributed by atoms with Crippen LogP contribution < -0.4 is 0 Å². The Morgan fingerprint density at radius 3 is 2.59 bits per heavy atom. The van der Waals surface area contributed by atoms with Crippen LogP contribution in [-0.2, 0) is 24.5 Å². The quantitative estimate of drug-likeness (QED) is 0.601. The Morgan fingerprint density at radius 2 is 1.81 bits per heavy atom. The molecule has 0 unspecified atom stereocenters. The number of aromatic hydroxyl groups is 1. The molecule has 0 amide bonds. The van der Waals surface area contributed by atoms with Gasteiger partial charge in [-0.15, -0.1) is 0 Å². The molecule has 1 N–H and O–H groups in total. The first kappa shape index (κ1) is 18.4. The molecule has 1 aliphatic rings. The van der Waals surface area contributed by atoms with E-state index in [4.69, 9.17) is 4.74 Å². The first-order valence-corrected chi connectivity index (χ1v) is 10.1. The van der Waals surface area contributed by atoms with Crippen LogP contribution in [0.5, 0.6) is 5.75 Å². The smallest absolute Gasteiger partial charge is 0.146 e. The second-order valence-electron chi connectivity index (χ2n) is 7.05. The number of halogens is 1. The van der Waals surface area contributed by atoms with Crippen LogP contribution in [0, 0.1) is 0 Å². The maximum Gasteiger partial charge on any atom is 0.146 e. The van der Waals surface area contributed by atoms with Crippen molar-refractivity contribution < 1.29 is 9.84 Å². The number of benzene rings is 2. The summed E-state index contributed by atoms with van der Waals surface area (Å²) in [7, 11) is 0. The highest BCUT2D eigenvalue weighted by Crippen LogP contribution is 2.32. The van der Waals surface area contributed by atoms with E-state index in [0.717, 1.165) is 46.2 Å². The molecule has 2 aromatic carbocycles. The van der Waals surface area contributed by atoms with Crippen molar-refractivity contribution in [1.82, 2.24) is 9.88 Å². The second kappa shape index (κ2) is 8.38. The highest BCUT2D eigenvalue weighted by molar-refractivity contribution is 9.10. The number of hydrogen-bond donors (Lipinski definition) is 1. The standard InChI is InChI=1S/C22H23BrN2O2/c23-19-7-5-16(6-8-19)14-27-15-18-12-17(13-25-10-1-2-11-25)22(26)21-20(18)4-3-9-24-21/h3-9,12,26H,1-2,10-11,13-15H2. The molecule has 0 aliphatic carbocycles. The van der Waals surface area contributed by atoms with Crippen molar-refractivity contribution in [1.29, 1.82) is 0 Å². The molecule has 0 spiro atoms. The molecule has 1 aliphatic heterocycles. The monoisotopic (exact) mass is 426 g/mol. The van der Waals surface area contributed by atoms with E-state index >= 15 is 0 Å². The molecule has 0 saturated carbocycles. The minimum Gasteiger partial charge on any atom is -0.505 e. The maximum atomic E-state index is 10.7. The summed E-state index contributed by atoms with van der Waals surface area (Å²) in [5.41, 5.74) is 3.81. The molecule has 1 saturated heterocycles. The van der Waals surface area contributed by atoms with Gasteiger partial charge in [0.25, 0.3) is 0 Å². The SMILES string of the molecule is Oc1c(CN2CCCC2)cc(COCc2ccc(Br)cc2)c2cccnc12. The summed E-state index contributed by atoms with van der Waals surface area (Å²) in [4.78, 5) is 6.81. The van der Waals surface area contributed by atoms with Crippen molar-refractivity contribution in [2.45, 2.75) is 32.6 Å². The molecule has 4 rings (SSSR count). The molecular formula is C22H23BrN2O2. The molecule has 0 bridgehead atoms. The molecule has 4 nitrogen and oxygen atoms in total. The molecule has 2 heterocycles. The van der Waals surface area contributed by atoms with E-state index < -0.39 is 0 Å². The van der Waals surface area contributed by atoms with E-state index in [1.54, 1.807) is 6.20 Å². The average molecular weight is 427 g/mol. The number of pyridine rings is 1. The zero-order chi connectivity index (χ0) is 18.6. The van der Waals surface area contributed by atoms with Gasteiger partial charge in [0, 0.05) is 28.2 Å². The summed E-state index contributed by atoms with van der Waals surface area (Å²) < 4.78 is 7.04. The van der Waals surface area contributed by atoms with E-state index in [0.29, 0.717) is 24.5 Å². The third-order valence-corrected chi connectivity index (χ3v) is 5.59. The average Bonchev–Trinajstić information content (AvgIpc) is 3.20. The second-order valence-corrected chi connectivity index (χ2v) is 7.96. The first-order valence-electron chi connectivity index (χ1n) is 9.34. The van der Waals surface area contributed by atoms with Crippen LogP contribution in [0.2, 0.25) is 0 Å². The zero-order valence-corrected chi connectivity index (χ0v) is 16.8. The largest absolute Gasteiger partial charge is 0.505 e. The fourth-order valence-electron chi connectivity index (χ4n) is 3.64. The lowest BCUT2D eigenvalue weighted by Gasteiger charge is -2.18. The summed E-state index contributed by atoms with van der Waals surface area (Å²) in [5, 5.41) is 11.7. The van der Waals surface area contributed by atoms with Gasteiger partial charge in [0.05, 0.1) is 13.2 Å². The predicted octanol–water partition coefficient (Wildman–Crippen LogP) is 5.02. The van der Waals surface area contributed by atoms with Crippen LogP contribution in [0.4, 0.5) is 0 Å². The lowest BCUT2D eigenvalue weighted by molar-refractivity contribution is 0.108. The third kappa shape index (κ3) is 4.32. The minimum atomic E-state index is 0.300. The fourth-order valence-corrected chi connectivity index (χ4v) is 3.91. The summed E-state index contributed by atoms with van der Waals surface area (Å²) in [6.45, 7) is 3.99. The van der Waals surface area contributed by atoms with Gasteiger partial charge in [-0.2, -0.15) is 0 Å². The van der Waals surface area contributed by atoms with Crippen LogP contribution >= 0.6 is 15.9 Å². The molecule has 3 aromatic rings. The normalized spacial score (nSPS) is 14.9. The van der Waals surface area contributed by atoms with Crippen molar-refractivity contribution >= 4 is 26.8 Å². The Labute approximate surface area is 167 Å². The van der Waals surface area contributed by atoms with Crippen LogP contribution in [0.1, 0.15) is 29.5 Å². The number of aromatic nitrogens is 1. The van der Waals surface area contributed by atoms with Crippen LogP contribution in [-0.4, -0.2) is 28.1 Å². The number of phenols is 1. The molecule has 1 fully saturated rings. The van der Waals surface area contributed by atoms with E-state index in [1.807, 2.05) is 24.3 Å². The van der Waals surface area contributed by atoms with Crippen molar-refractivity contribution in [3.8, 4) is 5.75 Å². The van der Waals surface area contributed by atoms with Crippen molar-refractivity contribution in [3.05, 3.63) is 69.8 Å². The number of hydrogen-bond acceptors (Lipinski definition) is 4. The van der Waals surface area contributed by atoms with Crippen LogP contribution in [0.15, 0.2) is 53.1 Å². The van der Waals surface area contributed by atoms with E-state index in [2.05, 4.69) is 44.0 Å². The Balaban J connectivity index is 1.56. The summed E-state index contributed by atoms with van der Waals surface area (Å²) in [6.07, 6.45) is 4.19. The lowest BCUT2D eigenvalue weighted by atomic mass is 10.0. The molecule has 5 heteroatoms. The molecule has 1 aromatic heterocycles. The summed E-state index contributed by atoms with van der Waals surface area (Å²) >= 11 is 3.45. The Kier molecular flexibility index (Phi) is 5.72. The highest BCUT2D eigenvalue weighted by atomic mass is 79.9. The van der Waals surface area contributed by atoms with E-state index in [9.17, 15) is 5.11 Å². The number of fused-ring (bicyclic) bond motifs is 1. The first-order chi connectivity index (χ1) is 13.2. The van der Waals surface area contributed by atoms with Gasteiger partial charge in [0.2, 0.25) is 0 Å². The zero-order valence-electron chi connectivity index (χ0n) is 15.2. The van der Waals surface area contributed by atoms with Gasteiger partial charge in [-0.05, 0) is 61.3 Å². The topological polar surface area (TPSA) is 45.6 Å². The Morgan fingerprint density at radius 1 is 1.04 bits per heavy atom. The van der Waals surface area contributed by atoms with Crippen molar-refractivity contribution in [3.63, 3.8) is 0 Å². The molecule has 27 heavy (non-hydrogen) atoms. The number of phenolic OH excluding ortho intramolecular Hbond substituents is 1. The maximum absolute atomic E-state index is 10.7. The summed E-state index contributed by atoms with van der Waals surface area (Å²) in [6, 6.07) is 14.1. The fraction of sp³-hybridized carbons (Fsp3) is 0.318. The van der Waals surface area contributed by atoms with Crippen molar-refractivity contribution in [2.24, 2.45) is 0 Å².